The molecule has 0 saturated carbocycles. The smallest absolute Gasteiger partial charge is 0.274 e. The van der Waals surface area contributed by atoms with Crippen molar-refractivity contribution in [1.29, 1.82) is 0 Å². The van der Waals surface area contributed by atoms with Crippen LogP contribution in [-0.4, -0.2) is 51.9 Å². The molecule has 6 heteroatoms. The molecule has 3 heterocycles. The number of ether oxygens (including phenoxy) is 2. The summed E-state index contributed by atoms with van der Waals surface area (Å²) in [5.41, 5.74) is 2.37. The highest BCUT2D eigenvalue weighted by atomic mass is 16.5. The first kappa shape index (κ1) is 16.5. The summed E-state index contributed by atoms with van der Waals surface area (Å²) in [7, 11) is 0. The minimum Gasteiger partial charge on any atom is -0.369 e. The van der Waals surface area contributed by atoms with Crippen LogP contribution < -0.4 is 0 Å². The topological polar surface area (TPSA) is 67.5 Å². The van der Waals surface area contributed by atoms with Gasteiger partial charge in [0.25, 0.3) is 5.91 Å². The van der Waals surface area contributed by atoms with E-state index in [9.17, 15) is 4.79 Å². The summed E-state index contributed by atoms with van der Waals surface area (Å²) in [4.78, 5) is 14.5. The number of hydrogen-bond donors (Lipinski definition) is 1. The monoisotopic (exact) mass is 321 g/mol. The van der Waals surface area contributed by atoms with Crippen molar-refractivity contribution in [2.24, 2.45) is 0 Å². The third kappa shape index (κ3) is 3.15. The first-order valence-corrected chi connectivity index (χ1v) is 8.50. The second kappa shape index (κ2) is 5.91. The molecule has 0 bridgehead atoms. The number of fused-ring (bicyclic) bond motifs is 1. The molecule has 1 saturated heterocycles. The predicted molar refractivity (Wildman–Crippen MR) is 86.4 cm³/mol. The zero-order valence-electron chi connectivity index (χ0n) is 14.7. The van der Waals surface area contributed by atoms with Crippen molar-refractivity contribution in [3.8, 4) is 0 Å². The summed E-state index contributed by atoms with van der Waals surface area (Å²) < 4.78 is 11.8. The number of nitrogens with one attached hydrogen (secondary N) is 1. The van der Waals surface area contributed by atoms with Gasteiger partial charge in [0.05, 0.1) is 29.6 Å². The maximum Gasteiger partial charge on any atom is 0.274 e. The van der Waals surface area contributed by atoms with Gasteiger partial charge in [-0.2, -0.15) is 5.10 Å². The number of amides is 1. The van der Waals surface area contributed by atoms with E-state index < -0.39 is 0 Å². The van der Waals surface area contributed by atoms with Crippen LogP contribution in [0.3, 0.4) is 0 Å². The molecule has 23 heavy (non-hydrogen) atoms. The van der Waals surface area contributed by atoms with Crippen molar-refractivity contribution >= 4 is 5.91 Å². The van der Waals surface area contributed by atoms with Crippen molar-refractivity contribution in [3.05, 3.63) is 17.0 Å². The Labute approximate surface area is 137 Å². The van der Waals surface area contributed by atoms with E-state index in [2.05, 4.69) is 31.0 Å². The molecule has 0 radical (unpaired) electrons. The number of carbonyl (C=O) groups is 1. The highest BCUT2D eigenvalue weighted by molar-refractivity contribution is 5.94. The van der Waals surface area contributed by atoms with Crippen molar-refractivity contribution in [3.63, 3.8) is 0 Å². The summed E-state index contributed by atoms with van der Waals surface area (Å²) in [5.74, 6) is -0.00189. The number of aromatic amines is 1. The molecule has 1 aromatic heterocycles. The third-order valence-electron chi connectivity index (χ3n) is 4.91. The molecule has 1 aromatic rings. The Morgan fingerprint density at radius 3 is 2.78 bits per heavy atom. The lowest BCUT2D eigenvalue weighted by molar-refractivity contribution is -0.123. The average Bonchev–Trinajstić information content (AvgIpc) is 2.85. The number of carbonyl (C=O) groups excluding carboxylic acids is 1. The van der Waals surface area contributed by atoms with Crippen molar-refractivity contribution < 1.29 is 14.3 Å². The van der Waals surface area contributed by atoms with E-state index >= 15 is 0 Å². The molecule has 1 N–H and O–H groups in total. The molecule has 6 nitrogen and oxygen atoms in total. The summed E-state index contributed by atoms with van der Waals surface area (Å²) in [6.45, 7) is 11.6. The number of rotatable bonds is 4. The van der Waals surface area contributed by atoms with Gasteiger partial charge in [0.1, 0.15) is 0 Å². The van der Waals surface area contributed by atoms with E-state index in [1.807, 2.05) is 18.7 Å². The second-order valence-electron chi connectivity index (χ2n) is 7.32. The van der Waals surface area contributed by atoms with Crippen LogP contribution in [0.5, 0.6) is 0 Å². The van der Waals surface area contributed by atoms with Gasteiger partial charge in [-0.25, -0.2) is 0 Å². The molecule has 0 aliphatic carbocycles. The van der Waals surface area contributed by atoms with Crippen molar-refractivity contribution in [1.82, 2.24) is 15.1 Å². The Balaban J connectivity index is 1.65. The Morgan fingerprint density at radius 2 is 2.13 bits per heavy atom. The van der Waals surface area contributed by atoms with Crippen LogP contribution in [0.1, 0.15) is 68.9 Å². The van der Waals surface area contributed by atoms with E-state index in [1.165, 1.54) is 0 Å². The fourth-order valence-corrected chi connectivity index (χ4v) is 3.21. The zero-order valence-corrected chi connectivity index (χ0v) is 14.7. The lowest BCUT2D eigenvalue weighted by atomic mass is 9.98. The standard InChI is InChI=1S/C17H27N3O3/c1-6-17(4,5)23-12-8-20(9-12)16(21)15-13-7-10(2)22-11(3)14(13)18-19-15/h10-12H,6-9H2,1-5H3,(H,18,19)/t10-,11+/m0/s1. The molecule has 1 fully saturated rings. The van der Waals surface area contributed by atoms with Crippen LogP contribution in [0.15, 0.2) is 0 Å². The summed E-state index contributed by atoms with van der Waals surface area (Å²) in [6, 6.07) is 0. The SMILES string of the molecule is CCC(C)(C)OC1CN(C(=O)c2n[nH]c3c2C[C@H](C)O[C@@H]3C)C1. The second-order valence-corrected chi connectivity index (χ2v) is 7.32. The van der Waals surface area contributed by atoms with Gasteiger partial charge in [-0.05, 0) is 34.1 Å². The maximum atomic E-state index is 12.7. The predicted octanol–water partition coefficient (Wildman–Crippen LogP) is 2.46. The van der Waals surface area contributed by atoms with Crippen LogP contribution in [0.4, 0.5) is 0 Å². The largest absolute Gasteiger partial charge is 0.369 e. The Bertz CT molecular complexity index is 590. The Kier molecular flexibility index (Phi) is 4.23. The Morgan fingerprint density at radius 1 is 1.43 bits per heavy atom. The van der Waals surface area contributed by atoms with Gasteiger partial charge in [-0.1, -0.05) is 6.92 Å². The van der Waals surface area contributed by atoms with E-state index in [1.54, 1.807) is 0 Å². The summed E-state index contributed by atoms with van der Waals surface area (Å²) in [5, 5.41) is 7.25. The first-order chi connectivity index (χ1) is 10.8. The number of aromatic nitrogens is 2. The van der Waals surface area contributed by atoms with E-state index in [0.29, 0.717) is 18.8 Å². The summed E-state index contributed by atoms with van der Waals surface area (Å²) >= 11 is 0. The fourth-order valence-electron chi connectivity index (χ4n) is 3.21. The molecule has 2 aliphatic heterocycles. The quantitative estimate of drug-likeness (QED) is 0.925. The van der Waals surface area contributed by atoms with E-state index in [4.69, 9.17) is 9.47 Å². The number of H-pyrrole nitrogens is 1. The van der Waals surface area contributed by atoms with Gasteiger partial charge in [0.15, 0.2) is 5.69 Å². The van der Waals surface area contributed by atoms with Crippen LogP contribution >= 0.6 is 0 Å². The molecule has 0 unspecified atom stereocenters. The molecule has 3 rings (SSSR count). The van der Waals surface area contributed by atoms with Crippen LogP contribution in [0, 0.1) is 0 Å². The van der Waals surface area contributed by atoms with Crippen molar-refractivity contribution in [2.75, 3.05) is 13.1 Å². The van der Waals surface area contributed by atoms with Crippen LogP contribution in [0.25, 0.3) is 0 Å². The maximum absolute atomic E-state index is 12.7. The number of nitrogens with zero attached hydrogens (tertiary/aromatic N) is 2. The van der Waals surface area contributed by atoms with Crippen LogP contribution in [0.2, 0.25) is 0 Å². The molecule has 0 aromatic carbocycles. The first-order valence-electron chi connectivity index (χ1n) is 8.50. The van der Waals surface area contributed by atoms with Gasteiger partial charge in [0, 0.05) is 25.1 Å². The molecule has 2 aliphatic rings. The molecular weight excluding hydrogens is 294 g/mol. The van der Waals surface area contributed by atoms with Crippen LogP contribution in [-0.2, 0) is 15.9 Å². The summed E-state index contributed by atoms with van der Waals surface area (Å²) in [6.07, 6.45) is 1.89. The highest BCUT2D eigenvalue weighted by Gasteiger charge is 2.38. The lowest BCUT2D eigenvalue weighted by Crippen LogP contribution is -2.57. The highest BCUT2D eigenvalue weighted by Crippen LogP contribution is 2.31. The minimum absolute atomic E-state index is 0.00189. The minimum atomic E-state index is -0.131. The molecule has 1 amide bonds. The van der Waals surface area contributed by atoms with E-state index in [0.717, 1.165) is 24.1 Å². The van der Waals surface area contributed by atoms with Gasteiger partial charge >= 0.3 is 0 Å². The Hall–Kier alpha value is -1.40. The molecule has 0 spiro atoms. The molecule has 2 atom stereocenters. The molecule has 128 valence electrons. The third-order valence-corrected chi connectivity index (χ3v) is 4.91. The van der Waals surface area contributed by atoms with Gasteiger partial charge in [-0.15, -0.1) is 0 Å². The normalized spacial score (nSPS) is 25.2. The van der Waals surface area contributed by atoms with Gasteiger partial charge in [0.2, 0.25) is 0 Å². The number of likely N-dealkylation sites (tertiary alicyclic amines) is 1. The van der Waals surface area contributed by atoms with Gasteiger partial charge in [-0.3, -0.25) is 9.89 Å². The average molecular weight is 321 g/mol. The lowest BCUT2D eigenvalue weighted by Gasteiger charge is -2.42. The zero-order chi connectivity index (χ0) is 16.8. The van der Waals surface area contributed by atoms with E-state index in [-0.39, 0.29) is 29.8 Å². The number of hydrogen-bond acceptors (Lipinski definition) is 4. The van der Waals surface area contributed by atoms with Gasteiger partial charge < -0.3 is 14.4 Å². The fraction of sp³-hybridized carbons (Fsp3) is 0.765. The van der Waals surface area contributed by atoms with Crippen molar-refractivity contribution in [2.45, 2.75) is 71.4 Å². The molecular formula is C17H27N3O3.